The maximum Gasteiger partial charge on any atom is 0.257 e. The van der Waals surface area contributed by atoms with Gasteiger partial charge in [-0.15, -0.1) is 0 Å². The highest BCUT2D eigenvalue weighted by molar-refractivity contribution is 5.97. The number of nitrogens with two attached hydrogens (primary N) is 1. The van der Waals surface area contributed by atoms with Crippen molar-refractivity contribution in [3.05, 3.63) is 90.0 Å². The van der Waals surface area contributed by atoms with E-state index in [1.165, 1.54) is 7.11 Å². The quantitative estimate of drug-likeness (QED) is 0.651. The number of rotatable bonds is 6. The molecule has 0 aliphatic carbocycles. The molecule has 6 nitrogen and oxygen atoms in total. The molecular formula is C26H26N2O4. The maximum atomic E-state index is 13.2. The van der Waals surface area contributed by atoms with Crippen molar-refractivity contribution in [1.29, 1.82) is 0 Å². The van der Waals surface area contributed by atoms with Gasteiger partial charge in [0.25, 0.3) is 11.8 Å². The lowest BCUT2D eigenvalue weighted by atomic mass is 9.90. The van der Waals surface area contributed by atoms with Crippen LogP contribution in [0.2, 0.25) is 0 Å². The first kappa shape index (κ1) is 21.6. The molecule has 164 valence electrons. The molecule has 0 radical (unpaired) electrons. The third-order valence-electron chi connectivity index (χ3n) is 5.81. The molecule has 0 unspecified atom stereocenters. The van der Waals surface area contributed by atoms with Gasteiger partial charge < -0.3 is 20.1 Å². The van der Waals surface area contributed by atoms with Crippen LogP contribution in [0.25, 0.3) is 11.1 Å². The SMILES string of the molecule is COc1ccccc1C(=O)N1CCO[C@](Cc2ccc(-c3ccccc3)cc2)(C(N)=O)C1. The molecule has 0 aromatic heterocycles. The van der Waals surface area contributed by atoms with E-state index >= 15 is 0 Å². The molecule has 6 heteroatoms. The van der Waals surface area contributed by atoms with Crippen molar-refractivity contribution < 1.29 is 19.1 Å². The Morgan fingerprint density at radius 3 is 2.31 bits per heavy atom. The van der Waals surface area contributed by atoms with E-state index in [-0.39, 0.29) is 25.5 Å². The van der Waals surface area contributed by atoms with Crippen LogP contribution < -0.4 is 10.5 Å². The zero-order valence-electron chi connectivity index (χ0n) is 18.0. The fraction of sp³-hybridized carbons (Fsp3) is 0.231. The molecule has 0 saturated carbocycles. The monoisotopic (exact) mass is 430 g/mol. The van der Waals surface area contributed by atoms with Crippen LogP contribution in [-0.4, -0.2) is 49.1 Å². The van der Waals surface area contributed by atoms with E-state index in [0.717, 1.165) is 16.7 Å². The fourth-order valence-electron chi connectivity index (χ4n) is 4.07. The predicted octanol–water partition coefficient (Wildman–Crippen LogP) is 3.30. The molecule has 3 aromatic rings. The lowest BCUT2D eigenvalue weighted by Crippen LogP contribution is -2.61. The third kappa shape index (κ3) is 4.36. The van der Waals surface area contributed by atoms with Gasteiger partial charge in [0, 0.05) is 13.0 Å². The number of benzene rings is 3. The van der Waals surface area contributed by atoms with E-state index in [1.54, 1.807) is 23.1 Å². The van der Waals surface area contributed by atoms with E-state index in [1.807, 2.05) is 60.7 Å². The minimum Gasteiger partial charge on any atom is -0.496 e. The first-order chi connectivity index (χ1) is 15.5. The minimum atomic E-state index is -1.29. The Labute approximate surface area is 187 Å². The average molecular weight is 431 g/mol. The highest BCUT2D eigenvalue weighted by Gasteiger charge is 2.44. The molecule has 2 N–H and O–H groups in total. The van der Waals surface area contributed by atoms with Crippen molar-refractivity contribution in [2.45, 2.75) is 12.0 Å². The number of carbonyl (C=O) groups is 2. The zero-order valence-corrected chi connectivity index (χ0v) is 18.0. The van der Waals surface area contributed by atoms with E-state index in [0.29, 0.717) is 17.9 Å². The lowest BCUT2D eigenvalue weighted by Gasteiger charge is -2.41. The van der Waals surface area contributed by atoms with Gasteiger partial charge in [0.05, 0.1) is 25.8 Å². The topological polar surface area (TPSA) is 81.9 Å². The van der Waals surface area contributed by atoms with Gasteiger partial charge >= 0.3 is 0 Å². The summed E-state index contributed by atoms with van der Waals surface area (Å²) in [6.45, 7) is 0.685. The van der Waals surface area contributed by atoms with Crippen LogP contribution in [0.1, 0.15) is 15.9 Å². The van der Waals surface area contributed by atoms with Crippen LogP contribution in [0.15, 0.2) is 78.9 Å². The van der Waals surface area contributed by atoms with E-state index in [2.05, 4.69) is 0 Å². The van der Waals surface area contributed by atoms with Crippen LogP contribution in [0, 0.1) is 0 Å². The fourth-order valence-corrected chi connectivity index (χ4v) is 4.07. The van der Waals surface area contributed by atoms with Gasteiger partial charge in [0.1, 0.15) is 5.75 Å². The molecule has 1 fully saturated rings. The van der Waals surface area contributed by atoms with Crippen LogP contribution >= 0.6 is 0 Å². The summed E-state index contributed by atoms with van der Waals surface area (Å²) in [6.07, 6.45) is 0.285. The highest BCUT2D eigenvalue weighted by atomic mass is 16.5. The molecule has 0 bridgehead atoms. The van der Waals surface area contributed by atoms with Gasteiger partial charge in [-0.05, 0) is 28.8 Å². The maximum absolute atomic E-state index is 13.2. The number of ether oxygens (including phenoxy) is 2. The Bertz CT molecular complexity index is 1100. The molecule has 1 heterocycles. The normalized spacial score (nSPS) is 18.2. The summed E-state index contributed by atoms with van der Waals surface area (Å²) >= 11 is 0. The van der Waals surface area contributed by atoms with E-state index in [9.17, 15) is 9.59 Å². The summed E-state index contributed by atoms with van der Waals surface area (Å²) in [5, 5.41) is 0. The van der Waals surface area contributed by atoms with Crippen LogP contribution in [0.4, 0.5) is 0 Å². The summed E-state index contributed by atoms with van der Waals surface area (Å²) in [4.78, 5) is 27.3. The molecule has 0 spiro atoms. The van der Waals surface area contributed by atoms with Crippen molar-refractivity contribution in [2.75, 3.05) is 26.8 Å². The summed E-state index contributed by atoms with van der Waals surface area (Å²) in [5.41, 5.74) is 8.07. The van der Waals surface area contributed by atoms with Gasteiger partial charge in [0.2, 0.25) is 0 Å². The minimum absolute atomic E-state index is 0.0830. The van der Waals surface area contributed by atoms with Crippen LogP contribution in [0.5, 0.6) is 5.75 Å². The van der Waals surface area contributed by atoms with Crippen molar-refractivity contribution in [3.8, 4) is 16.9 Å². The molecule has 1 atom stereocenters. The first-order valence-corrected chi connectivity index (χ1v) is 10.5. The Balaban J connectivity index is 1.55. The van der Waals surface area contributed by atoms with Gasteiger partial charge in [-0.25, -0.2) is 0 Å². The number of carbonyl (C=O) groups excluding carboxylic acids is 2. The van der Waals surface area contributed by atoms with Crippen molar-refractivity contribution >= 4 is 11.8 Å². The highest BCUT2D eigenvalue weighted by Crippen LogP contribution is 2.28. The Morgan fingerprint density at radius 1 is 0.969 bits per heavy atom. The van der Waals surface area contributed by atoms with Gasteiger partial charge in [0.15, 0.2) is 5.60 Å². The Hall–Kier alpha value is -3.64. The number of hydrogen-bond donors (Lipinski definition) is 1. The third-order valence-corrected chi connectivity index (χ3v) is 5.81. The summed E-state index contributed by atoms with van der Waals surface area (Å²) in [7, 11) is 1.53. The van der Waals surface area contributed by atoms with E-state index in [4.69, 9.17) is 15.2 Å². The molecular weight excluding hydrogens is 404 g/mol. The summed E-state index contributed by atoms with van der Waals surface area (Å²) in [5.74, 6) is -0.303. The molecule has 4 rings (SSSR count). The van der Waals surface area contributed by atoms with Gasteiger partial charge in [-0.3, -0.25) is 9.59 Å². The van der Waals surface area contributed by atoms with Crippen molar-refractivity contribution in [3.63, 3.8) is 0 Å². The molecule has 1 aliphatic rings. The summed E-state index contributed by atoms with van der Waals surface area (Å²) < 4.78 is 11.2. The molecule has 1 saturated heterocycles. The van der Waals surface area contributed by atoms with E-state index < -0.39 is 11.5 Å². The standard InChI is InChI=1S/C26H26N2O4/c1-31-23-10-6-5-9-22(23)24(29)28-15-16-32-26(18-28,25(27)30)17-19-11-13-21(14-12-19)20-7-3-2-4-8-20/h2-14H,15-18H2,1H3,(H2,27,30)/t26-/m0/s1. The van der Waals surface area contributed by atoms with Crippen molar-refractivity contribution in [1.82, 2.24) is 4.90 Å². The Morgan fingerprint density at radius 2 is 1.62 bits per heavy atom. The molecule has 1 aliphatic heterocycles. The van der Waals surface area contributed by atoms with Crippen LogP contribution in [0.3, 0.4) is 0 Å². The second kappa shape index (κ2) is 9.24. The predicted molar refractivity (Wildman–Crippen MR) is 122 cm³/mol. The number of primary amides is 1. The second-order valence-corrected chi connectivity index (χ2v) is 7.87. The van der Waals surface area contributed by atoms with Gasteiger partial charge in [-0.2, -0.15) is 0 Å². The smallest absolute Gasteiger partial charge is 0.257 e. The number of hydrogen-bond acceptors (Lipinski definition) is 4. The Kier molecular flexibility index (Phi) is 6.23. The average Bonchev–Trinajstić information content (AvgIpc) is 2.84. The number of morpholine rings is 1. The van der Waals surface area contributed by atoms with Crippen LogP contribution in [-0.2, 0) is 16.0 Å². The largest absolute Gasteiger partial charge is 0.496 e. The summed E-state index contributed by atoms with van der Waals surface area (Å²) in [6, 6.07) is 25.1. The molecule has 32 heavy (non-hydrogen) atoms. The molecule has 3 aromatic carbocycles. The first-order valence-electron chi connectivity index (χ1n) is 10.5. The second-order valence-electron chi connectivity index (χ2n) is 7.87. The van der Waals surface area contributed by atoms with Crippen molar-refractivity contribution in [2.24, 2.45) is 5.73 Å². The molecule has 2 amide bonds. The number of amides is 2. The zero-order chi connectivity index (χ0) is 22.6. The number of para-hydroxylation sites is 1. The number of nitrogens with zero attached hydrogens (tertiary/aromatic N) is 1. The van der Waals surface area contributed by atoms with Gasteiger partial charge in [-0.1, -0.05) is 66.7 Å². The number of methoxy groups -OCH3 is 1. The lowest BCUT2D eigenvalue weighted by molar-refractivity contribution is -0.153.